The normalized spacial score (nSPS) is 23.2. The molecule has 4 nitrogen and oxygen atoms in total. The predicted molar refractivity (Wildman–Crippen MR) is 68.8 cm³/mol. The van der Waals surface area contributed by atoms with E-state index in [-0.39, 0.29) is 5.97 Å². The second kappa shape index (κ2) is 4.79. The van der Waals surface area contributed by atoms with E-state index < -0.39 is 5.54 Å². The average Bonchev–Trinajstić information content (AvgIpc) is 2.74. The second-order valence-corrected chi connectivity index (χ2v) is 4.68. The second-order valence-electron chi connectivity index (χ2n) is 3.69. The fourth-order valence-electron chi connectivity index (χ4n) is 1.77. The number of esters is 1. The van der Waals surface area contributed by atoms with Crippen LogP contribution in [0.3, 0.4) is 0 Å². The molecule has 17 heavy (non-hydrogen) atoms. The maximum Gasteiger partial charge on any atom is 0.339 e. The first-order valence-corrected chi connectivity index (χ1v) is 6.38. The molecule has 0 spiro atoms. The van der Waals surface area contributed by atoms with Gasteiger partial charge in [-0.1, -0.05) is 42.1 Å². The van der Waals surface area contributed by atoms with Crippen molar-refractivity contribution in [3.05, 3.63) is 35.9 Å². The van der Waals surface area contributed by atoms with Gasteiger partial charge in [0.25, 0.3) is 0 Å². The van der Waals surface area contributed by atoms with Crippen LogP contribution in [0, 0.1) is 0 Å². The van der Waals surface area contributed by atoms with Crippen molar-refractivity contribution in [3.63, 3.8) is 0 Å². The number of amidine groups is 1. The standard InChI is InChI=1S/C12H14N2O2S/c1-2-16-10(15)12(8-17-11(13)14-12)9-6-4-3-5-7-9/h3-7H,2,8H2,1H3,(H2,13,14). The molecule has 2 rings (SSSR count). The maximum absolute atomic E-state index is 12.1. The number of ether oxygens (including phenoxy) is 1. The van der Waals surface area contributed by atoms with Gasteiger partial charge in [-0.2, -0.15) is 0 Å². The maximum atomic E-state index is 12.1. The number of hydrogen-bond donors (Lipinski definition) is 1. The number of rotatable bonds is 3. The van der Waals surface area contributed by atoms with Crippen LogP contribution in [0.15, 0.2) is 35.3 Å². The van der Waals surface area contributed by atoms with Crippen LogP contribution in [0.4, 0.5) is 0 Å². The van der Waals surface area contributed by atoms with Gasteiger partial charge in [-0.3, -0.25) is 0 Å². The molecule has 0 radical (unpaired) electrons. The lowest BCUT2D eigenvalue weighted by Crippen LogP contribution is -2.36. The van der Waals surface area contributed by atoms with Crippen molar-refractivity contribution in [2.45, 2.75) is 12.5 Å². The molecule has 2 N–H and O–H groups in total. The summed E-state index contributed by atoms with van der Waals surface area (Å²) in [4.78, 5) is 16.4. The highest BCUT2D eigenvalue weighted by Gasteiger charge is 2.45. The van der Waals surface area contributed by atoms with Crippen molar-refractivity contribution in [3.8, 4) is 0 Å². The molecule has 0 aliphatic carbocycles. The van der Waals surface area contributed by atoms with Crippen molar-refractivity contribution < 1.29 is 9.53 Å². The van der Waals surface area contributed by atoms with Gasteiger partial charge in [-0.05, 0) is 12.5 Å². The molecule has 0 saturated heterocycles. The van der Waals surface area contributed by atoms with Gasteiger partial charge in [-0.15, -0.1) is 0 Å². The summed E-state index contributed by atoms with van der Waals surface area (Å²) in [6.45, 7) is 2.12. The van der Waals surface area contributed by atoms with E-state index in [1.807, 2.05) is 30.3 Å². The number of aliphatic imine (C=N–C) groups is 1. The third-order valence-electron chi connectivity index (χ3n) is 2.59. The molecule has 0 fully saturated rings. The minimum absolute atomic E-state index is 0.334. The third kappa shape index (κ3) is 2.15. The van der Waals surface area contributed by atoms with E-state index in [4.69, 9.17) is 10.5 Å². The van der Waals surface area contributed by atoms with E-state index in [9.17, 15) is 4.79 Å². The summed E-state index contributed by atoms with van der Waals surface area (Å²) in [5, 5.41) is 0.432. The minimum Gasteiger partial charge on any atom is -0.464 e. The fourth-order valence-corrected chi connectivity index (χ4v) is 2.69. The quantitative estimate of drug-likeness (QED) is 0.826. The monoisotopic (exact) mass is 250 g/mol. The topological polar surface area (TPSA) is 64.7 Å². The van der Waals surface area contributed by atoms with Crippen LogP contribution in [0.5, 0.6) is 0 Å². The minimum atomic E-state index is -0.966. The largest absolute Gasteiger partial charge is 0.464 e. The Labute approximate surface area is 104 Å². The highest BCUT2D eigenvalue weighted by molar-refractivity contribution is 8.14. The third-order valence-corrected chi connectivity index (χ3v) is 3.54. The summed E-state index contributed by atoms with van der Waals surface area (Å²) in [5.41, 5.74) is 5.55. The molecule has 1 atom stereocenters. The van der Waals surface area contributed by atoms with Gasteiger partial charge >= 0.3 is 5.97 Å². The zero-order valence-corrected chi connectivity index (χ0v) is 10.4. The van der Waals surface area contributed by atoms with Crippen molar-refractivity contribution in [2.75, 3.05) is 12.4 Å². The smallest absolute Gasteiger partial charge is 0.339 e. The van der Waals surface area contributed by atoms with E-state index in [1.54, 1.807) is 6.92 Å². The van der Waals surface area contributed by atoms with Gasteiger partial charge in [0, 0.05) is 5.75 Å². The zero-order chi connectivity index (χ0) is 12.3. The number of carbonyl (C=O) groups is 1. The lowest BCUT2D eigenvalue weighted by Gasteiger charge is -2.23. The number of carbonyl (C=O) groups excluding carboxylic acids is 1. The fraction of sp³-hybridized carbons (Fsp3) is 0.333. The Bertz CT molecular complexity index is 447. The Balaban J connectivity index is 2.42. The number of thioether (sulfide) groups is 1. The van der Waals surface area contributed by atoms with Crippen molar-refractivity contribution >= 4 is 22.9 Å². The van der Waals surface area contributed by atoms with E-state index >= 15 is 0 Å². The predicted octanol–water partition coefficient (Wildman–Crippen LogP) is 1.51. The van der Waals surface area contributed by atoms with Gasteiger partial charge in [0.15, 0.2) is 10.7 Å². The molecular formula is C12H14N2O2S. The zero-order valence-electron chi connectivity index (χ0n) is 9.55. The van der Waals surface area contributed by atoms with Crippen LogP contribution >= 0.6 is 11.8 Å². The number of nitrogens with two attached hydrogens (primary N) is 1. The molecule has 1 aliphatic heterocycles. The average molecular weight is 250 g/mol. The Morgan fingerprint density at radius 3 is 2.76 bits per heavy atom. The Hall–Kier alpha value is -1.49. The van der Waals surface area contributed by atoms with E-state index in [2.05, 4.69) is 4.99 Å². The summed E-state index contributed by atoms with van der Waals surface area (Å²) in [5.74, 6) is 0.168. The van der Waals surface area contributed by atoms with Crippen LogP contribution in [-0.4, -0.2) is 23.5 Å². The molecule has 1 aromatic carbocycles. The molecule has 1 aromatic rings. The highest BCUT2D eigenvalue weighted by Crippen LogP contribution is 2.36. The SMILES string of the molecule is CCOC(=O)C1(c2ccccc2)CSC(N)=N1. The molecule has 5 heteroatoms. The number of benzene rings is 1. The molecule has 0 bridgehead atoms. The summed E-state index contributed by atoms with van der Waals surface area (Å²) in [6.07, 6.45) is 0. The number of nitrogens with zero attached hydrogens (tertiary/aromatic N) is 1. The molecular weight excluding hydrogens is 236 g/mol. The van der Waals surface area contributed by atoms with Crippen molar-refractivity contribution in [1.29, 1.82) is 0 Å². The molecule has 0 aromatic heterocycles. The van der Waals surface area contributed by atoms with Crippen LogP contribution in [0.1, 0.15) is 12.5 Å². The van der Waals surface area contributed by atoms with E-state index in [0.717, 1.165) is 5.56 Å². The summed E-state index contributed by atoms with van der Waals surface area (Å²) in [6, 6.07) is 9.41. The first-order valence-electron chi connectivity index (χ1n) is 5.40. The van der Waals surface area contributed by atoms with Crippen LogP contribution in [0.2, 0.25) is 0 Å². The van der Waals surface area contributed by atoms with E-state index in [1.165, 1.54) is 11.8 Å². The van der Waals surface area contributed by atoms with Crippen LogP contribution in [-0.2, 0) is 15.1 Å². The van der Waals surface area contributed by atoms with Gasteiger partial charge in [0.2, 0.25) is 0 Å². The summed E-state index contributed by atoms with van der Waals surface area (Å²) in [7, 11) is 0. The summed E-state index contributed by atoms with van der Waals surface area (Å²) < 4.78 is 5.12. The Morgan fingerprint density at radius 1 is 1.53 bits per heavy atom. The lowest BCUT2D eigenvalue weighted by atomic mass is 9.93. The molecule has 1 aliphatic rings. The van der Waals surface area contributed by atoms with Crippen LogP contribution in [0.25, 0.3) is 0 Å². The van der Waals surface area contributed by atoms with Crippen molar-refractivity contribution in [1.82, 2.24) is 0 Å². The molecule has 90 valence electrons. The molecule has 1 unspecified atom stereocenters. The van der Waals surface area contributed by atoms with Gasteiger partial charge in [0.1, 0.15) is 0 Å². The van der Waals surface area contributed by atoms with Gasteiger partial charge in [0.05, 0.1) is 6.61 Å². The van der Waals surface area contributed by atoms with Gasteiger partial charge in [-0.25, -0.2) is 9.79 Å². The molecule has 0 amide bonds. The summed E-state index contributed by atoms with van der Waals surface area (Å²) >= 11 is 1.38. The Kier molecular flexibility index (Phi) is 3.38. The lowest BCUT2D eigenvalue weighted by molar-refractivity contribution is -0.148. The van der Waals surface area contributed by atoms with Crippen LogP contribution < -0.4 is 5.73 Å². The number of hydrogen-bond acceptors (Lipinski definition) is 5. The van der Waals surface area contributed by atoms with E-state index in [0.29, 0.717) is 17.5 Å². The van der Waals surface area contributed by atoms with Gasteiger partial charge < -0.3 is 10.5 Å². The molecule has 1 heterocycles. The first-order chi connectivity index (χ1) is 8.19. The first kappa shape index (κ1) is 12.0. The Morgan fingerprint density at radius 2 is 2.24 bits per heavy atom. The highest BCUT2D eigenvalue weighted by atomic mass is 32.2. The van der Waals surface area contributed by atoms with Crippen molar-refractivity contribution in [2.24, 2.45) is 10.7 Å². The molecule has 0 saturated carbocycles.